The molecule has 0 saturated heterocycles. The number of nitrogens with zero attached hydrogens (tertiary/aromatic N) is 3. The highest BCUT2D eigenvalue weighted by Gasteiger charge is 2.18. The van der Waals surface area contributed by atoms with Gasteiger partial charge in [0.2, 0.25) is 0 Å². The maximum absolute atomic E-state index is 14.3. The van der Waals surface area contributed by atoms with Crippen molar-refractivity contribution >= 4 is 11.3 Å². The lowest BCUT2D eigenvalue weighted by Crippen LogP contribution is -2.19. The second-order valence-corrected chi connectivity index (χ2v) is 6.51. The van der Waals surface area contributed by atoms with E-state index >= 15 is 0 Å². The topological polar surface area (TPSA) is 37.6 Å². The molecule has 0 spiro atoms. The van der Waals surface area contributed by atoms with Crippen LogP contribution in [0.15, 0.2) is 77.7 Å². The average Bonchev–Trinajstić information content (AvgIpc) is 2.69. The molecule has 6 heteroatoms. The fourth-order valence-corrected chi connectivity index (χ4v) is 3.22. The molecule has 0 saturated carbocycles. The molecule has 2 aromatic carbocycles. The van der Waals surface area contributed by atoms with Gasteiger partial charge in [0.1, 0.15) is 17.5 Å². The number of benzene rings is 2. The fourth-order valence-electron chi connectivity index (χ4n) is 3.22. The number of anilines is 1. The molecule has 2 aromatic heterocycles. The number of rotatable bonds is 4. The van der Waals surface area contributed by atoms with Crippen molar-refractivity contribution in [1.82, 2.24) is 9.61 Å². The van der Waals surface area contributed by atoms with E-state index in [0.29, 0.717) is 17.9 Å². The zero-order valence-electron chi connectivity index (χ0n) is 15.1. The van der Waals surface area contributed by atoms with E-state index in [4.69, 9.17) is 0 Å². The van der Waals surface area contributed by atoms with Gasteiger partial charge < -0.3 is 4.90 Å². The molecule has 0 aliphatic rings. The van der Waals surface area contributed by atoms with Crippen molar-refractivity contribution in [1.29, 1.82) is 0 Å². The molecule has 0 unspecified atom stereocenters. The van der Waals surface area contributed by atoms with E-state index in [2.05, 4.69) is 5.10 Å². The van der Waals surface area contributed by atoms with Gasteiger partial charge in [0.15, 0.2) is 5.43 Å². The Labute approximate surface area is 160 Å². The van der Waals surface area contributed by atoms with Gasteiger partial charge >= 0.3 is 0 Å². The van der Waals surface area contributed by atoms with Crippen molar-refractivity contribution in [3.8, 4) is 11.1 Å². The zero-order chi connectivity index (χ0) is 19.7. The number of hydrogen-bond donors (Lipinski definition) is 0. The molecule has 28 heavy (non-hydrogen) atoms. The Morgan fingerprint density at radius 3 is 2.32 bits per heavy atom. The molecule has 0 bridgehead atoms. The minimum absolute atomic E-state index is 0.0390. The van der Waals surface area contributed by atoms with Crippen LogP contribution in [-0.4, -0.2) is 16.7 Å². The molecule has 0 radical (unpaired) electrons. The summed E-state index contributed by atoms with van der Waals surface area (Å²) in [5, 5.41) is 4.52. The van der Waals surface area contributed by atoms with Gasteiger partial charge in [0, 0.05) is 25.9 Å². The van der Waals surface area contributed by atoms with Gasteiger partial charge in [-0.2, -0.15) is 5.10 Å². The molecule has 2 heterocycles. The van der Waals surface area contributed by atoms with Crippen LogP contribution in [0, 0.1) is 11.6 Å². The number of halogens is 2. The lowest BCUT2D eigenvalue weighted by molar-refractivity contribution is 0.589. The molecular formula is C22H17F2N3O. The molecule has 140 valence electrons. The molecule has 4 nitrogen and oxygen atoms in total. The summed E-state index contributed by atoms with van der Waals surface area (Å²) in [7, 11) is 1.90. The van der Waals surface area contributed by atoms with Gasteiger partial charge in [-0.3, -0.25) is 4.79 Å². The third-order valence-corrected chi connectivity index (χ3v) is 4.58. The fraction of sp³-hybridized carbons (Fsp3) is 0.0909. The Morgan fingerprint density at radius 2 is 1.61 bits per heavy atom. The summed E-state index contributed by atoms with van der Waals surface area (Å²) in [6.45, 7) is 0.647. The van der Waals surface area contributed by atoms with Gasteiger partial charge in [0.05, 0.1) is 16.6 Å². The quantitative estimate of drug-likeness (QED) is 0.533. The zero-order valence-corrected chi connectivity index (χ0v) is 15.1. The summed E-state index contributed by atoms with van der Waals surface area (Å²) in [6.07, 6.45) is 1.50. The molecule has 0 aliphatic heterocycles. The van der Waals surface area contributed by atoms with E-state index < -0.39 is 17.1 Å². The summed E-state index contributed by atoms with van der Waals surface area (Å²) in [5.74, 6) is -0.897. The van der Waals surface area contributed by atoms with E-state index in [1.54, 1.807) is 12.1 Å². The van der Waals surface area contributed by atoms with E-state index in [0.717, 1.165) is 17.7 Å². The Morgan fingerprint density at radius 1 is 0.893 bits per heavy atom. The molecule has 0 N–H and O–H groups in total. The van der Waals surface area contributed by atoms with Crippen LogP contribution in [0.1, 0.15) is 5.56 Å². The van der Waals surface area contributed by atoms with Crippen LogP contribution in [0.25, 0.3) is 16.6 Å². The van der Waals surface area contributed by atoms with Crippen molar-refractivity contribution in [2.75, 3.05) is 11.9 Å². The Balaban J connectivity index is 1.80. The van der Waals surface area contributed by atoms with E-state index in [1.807, 2.05) is 42.3 Å². The second-order valence-electron chi connectivity index (χ2n) is 6.51. The third-order valence-electron chi connectivity index (χ3n) is 4.58. The highest BCUT2D eigenvalue weighted by Crippen LogP contribution is 2.27. The molecule has 4 rings (SSSR count). The molecule has 0 fully saturated rings. The molecular weight excluding hydrogens is 360 g/mol. The number of aromatic nitrogens is 2. The molecule has 0 aliphatic carbocycles. The van der Waals surface area contributed by atoms with Crippen LogP contribution in [0.5, 0.6) is 0 Å². The Bertz CT molecular complexity index is 1190. The summed E-state index contributed by atoms with van der Waals surface area (Å²) in [5.41, 5.74) is 0.631. The predicted molar refractivity (Wildman–Crippen MR) is 105 cm³/mol. The standard InChI is InChI=1S/C22H17F2N3O/c1-26(14-15-6-3-2-4-7-15)20-11-10-18-22(19(28)12-13-27(18)25-20)21-16(23)8-5-9-17(21)24/h2-13H,14H2,1H3. The monoisotopic (exact) mass is 377 g/mol. The lowest BCUT2D eigenvalue weighted by atomic mass is 10.0. The summed E-state index contributed by atoms with van der Waals surface area (Å²) >= 11 is 0. The van der Waals surface area contributed by atoms with E-state index in [1.165, 1.54) is 22.8 Å². The number of fused-ring (bicyclic) bond motifs is 1. The van der Waals surface area contributed by atoms with Gasteiger partial charge in [0.25, 0.3) is 0 Å². The summed E-state index contributed by atoms with van der Waals surface area (Å²) < 4.78 is 30.0. The van der Waals surface area contributed by atoms with Gasteiger partial charge in [-0.25, -0.2) is 13.3 Å². The van der Waals surface area contributed by atoms with Crippen molar-refractivity contribution in [2.24, 2.45) is 0 Å². The smallest absolute Gasteiger partial charge is 0.190 e. The van der Waals surface area contributed by atoms with Crippen molar-refractivity contribution in [2.45, 2.75) is 6.54 Å². The minimum atomic E-state index is -0.782. The first-order chi connectivity index (χ1) is 13.5. The highest BCUT2D eigenvalue weighted by molar-refractivity contribution is 5.80. The third kappa shape index (κ3) is 3.24. The molecule has 4 aromatic rings. The maximum Gasteiger partial charge on any atom is 0.190 e. The van der Waals surface area contributed by atoms with Crippen molar-refractivity contribution < 1.29 is 8.78 Å². The van der Waals surface area contributed by atoms with Gasteiger partial charge in [-0.15, -0.1) is 0 Å². The van der Waals surface area contributed by atoms with Crippen LogP contribution >= 0.6 is 0 Å². The Kier molecular flexibility index (Phi) is 4.61. The SMILES string of the molecule is CN(Cc1ccccc1)c1ccc2c(-c3c(F)cccc3F)c(=O)ccn2n1. The summed E-state index contributed by atoms with van der Waals surface area (Å²) in [6, 6.07) is 18.1. The van der Waals surface area contributed by atoms with Crippen LogP contribution in [-0.2, 0) is 6.54 Å². The predicted octanol–water partition coefficient (Wildman–Crippen LogP) is 4.28. The second kappa shape index (κ2) is 7.23. The van der Waals surface area contributed by atoms with Crippen LogP contribution < -0.4 is 10.3 Å². The van der Waals surface area contributed by atoms with Crippen molar-refractivity contribution in [3.05, 3.63) is 100 Å². The first kappa shape index (κ1) is 17.9. The first-order valence-corrected chi connectivity index (χ1v) is 8.77. The van der Waals surface area contributed by atoms with E-state index in [9.17, 15) is 13.6 Å². The van der Waals surface area contributed by atoms with Gasteiger partial charge in [-0.05, 0) is 29.8 Å². The summed E-state index contributed by atoms with van der Waals surface area (Å²) in [4.78, 5) is 14.4. The largest absolute Gasteiger partial charge is 0.354 e. The minimum Gasteiger partial charge on any atom is -0.354 e. The molecule has 0 amide bonds. The lowest BCUT2D eigenvalue weighted by Gasteiger charge is -2.19. The average molecular weight is 377 g/mol. The van der Waals surface area contributed by atoms with Gasteiger partial charge in [-0.1, -0.05) is 36.4 Å². The first-order valence-electron chi connectivity index (χ1n) is 8.77. The van der Waals surface area contributed by atoms with Crippen LogP contribution in [0.4, 0.5) is 14.6 Å². The van der Waals surface area contributed by atoms with E-state index in [-0.39, 0.29) is 11.1 Å². The normalized spacial score (nSPS) is 11.0. The van der Waals surface area contributed by atoms with Crippen molar-refractivity contribution in [3.63, 3.8) is 0 Å². The van der Waals surface area contributed by atoms with Crippen LogP contribution in [0.3, 0.4) is 0 Å². The Hall–Kier alpha value is -3.54. The maximum atomic E-state index is 14.3. The number of hydrogen-bond acceptors (Lipinski definition) is 3. The number of pyridine rings is 1. The molecule has 0 atom stereocenters. The highest BCUT2D eigenvalue weighted by atomic mass is 19.1. The van der Waals surface area contributed by atoms with Crippen LogP contribution in [0.2, 0.25) is 0 Å².